The first-order chi connectivity index (χ1) is 9.40. The predicted molar refractivity (Wildman–Crippen MR) is 64.9 cm³/mol. The first kappa shape index (κ1) is 14.8. The number of carbonyl (C=O) groups is 1. The summed E-state index contributed by atoms with van der Waals surface area (Å²) in [6.07, 6.45) is 0.447. The normalized spacial score (nSPS) is 22.9. The van der Waals surface area contributed by atoms with E-state index in [1.807, 2.05) is 0 Å². The van der Waals surface area contributed by atoms with Crippen molar-refractivity contribution >= 4 is 16.0 Å². The Hall–Kier alpha value is -1.58. The van der Waals surface area contributed by atoms with E-state index in [-0.39, 0.29) is 6.54 Å². The Morgan fingerprint density at radius 3 is 2.90 bits per heavy atom. The van der Waals surface area contributed by atoms with E-state index in [1.165, 1.54) is 12.3 Å². The van der Waals surface area contributed by atoms with Crippen LogP contribution in [0.1, 0.15) is 12.8 Å². The van der Waals surface area contributed by atoms with Crippen LogP contribution in [-0.4, -0.2) is 43.2 Å². The molecule has 2 unspecified atom stereocenters. The molecule has 1 aliphatic heterocycles. The third-order valence-corrected chi connectivity index (χ3v) is 4.22. The Labute approximate surface area is 114 Å². The third kappa shape index (κ3) is 3.30. The highest BCUT2D eigenvalue weighted by Gasteiger charge is 2.31. The summed E-state index contributed by atoms with van der Waals surface area (Å²) in [6, 6.07) is 2.28. The molecule has 9 heteroatoms. The van der Waals surface area contributed by atoms with E-state index in [9.17, 15) is 17.6 Å². The molecule has 2 N–H and O–H groups in total. The van der Waals surface area contributed by atoms with E-state index >= 15 is 0 Å². The molecule has 1 saturated heterocycles. The molecule has 0 radical (unpaired) electrons. The summed E-state index contributed by atoms with van der Waals surface area (Å²) >= 11 is 0. The summed E-state index contributed by atoms with van der Waals surface area (Å²) in [4.78, 5) is 14.2. The number of pyridine rings is 1. The van der Waals surface area contributed by atoms with Gasteiger partial charge in [0.25, 0.3) is 10.0 Å². The van der Waals surface area contributed by atoms with Crippen molar-refractivity contribution in [3.63, 3.8) is 0 Å². The van der Waals surface area contributed by atoms with Crippen LogP contribution in [0.3, 0.4) is 0 Å². The highest BCUT2D eigenvalue weighted by molar-refractivity contribution is 7.89. The number of sulfonamides is 1. The van der Waals surface area contributed by atoms with Crippen LogP contribution in [0.25, 0.3) is 0 Å². The number of carboxylic acid groups (broad SMARTS) is 1. The maximum atomic E-state index is 13.4. The molecule has 20 heavy (non-hydrogen) atoms. The van der Waals surface area contributed by atoms with Crippen LogP contribution >= 0.6 is 0 Å². The SMILES string of the molecule is O=C(O)C1CCC(CNS(=O)(=O)c2ncccc2F)O1. The van der Waals surface area contributed by atoms with Gasteiger partial charge in [-0.15, -0.1) is 0 Å². The number of aliphatic carboxylic acids is 1. The summed E-state index contributed by atoms with van der Waals surface area (Å²) in [5, 5.41) is 8.06. The summed E-state index contributed by atoms with van der Waals surface area (Å²) in [5.41, 5.74) is 0. The number of nitrogens with zero attached hydrogens (tertiary/aromatic N) is 1. The third-order valence-electron chi connectivity index (χ3n) is 2.86. The summed E-state index contributed by atoms with van der Waals surface area (Å²) in [5.74, 6) is -2.03. The standard InChI is InChI=1S/C11H13FN2O5S/c12-8-2-1-5-13-10(8)20(17,18)14-6-7-3-4-9(19-7)11(15)16/h1-2,5,7,9,14H,3-4,6H2,(H,15,16). The molecule has 1 aromatic rings. The van der Waals surface area contributed by atoms with E-state index < -0.39 is 39.0 Å². The Morgan fingerprint density at radius 1 is 1.55 bits per heavy atom. The van der Waals surface area contributed by atoms with E-state index in [0.29, 0.717) is 12.8 Å². The fourth-order valence-electron chi connectivity index (χ4n) is 1.88. The zero-order chi connectivity index (χ0) is 14.8. The topological polar surface area (TPSA) is 106 Å². The Morgan fingerprint density at radius 2 is 2.30 bits per heavy atom. The smallest absolute Gasteiger partial charge is 0.332 e. The number of hydrogen-bond acceptors (Lipinski definition) is 5. The highest BCUT2D eigenvalue weighted by Crippen LogP contribution is 2.20. The zero-order valence-electron chi connectivity index (χ0n) is 10.3. The number of rotatable bonds is 5. The van der Waals surface area contributed by atoms with Gasteiger partial charge in [-0.1, -0.05) is 0 Å². The minimum atomic E-state index is -4.08. The largest absolute Gasteiger partial charge is 0.479 e. The van der Waals surface area contributed by atoms with Crippen molar-refractivity contribution in [2.24, 2.45) is 0 Å². The molecule has 1 aromatic heterocycles. The molecule has 2 rings (SSSR count). The molecule has 0 spiro atoms. The number of aromatic nitrogens is 1. The van der Waals surface area contributed by atoms with Gasteiger partial charge in [0.15, 0.2) is 11.9 Å². The fourth-order valence-corrected chi connectivity index (χ4v) is 2.94. The predicted octanol–water partition coefficient (Wildman–Crippen LogP) is 0.131. The van der Waals surface area contributed by atoms with Crippen LogP contribution in [0.4, 0.5) is 4.39 Å². The lowest BCUT2D eigenvalue weighted by Gasteiger charge is -2.12. The maximum absolute atomic E-state index is 13.4. The van der Waals surface area contributed by atoms with Crippen molar-refractivity contribution in [2.45, 2.75) is 30.1 Å². The minimum Gasteiger partial charge on any atom is -0.479 e. The van der Waals surface area contributed by atoms with Crippen molar-refractivity contribution < 1.29 is 27.4 Å². The first-order valence-corrected chi connectivity index (χ1v) is 7.37. The maximum Gasteiger partial charge on any atom is 0.332 e. The second kappa shape index (κ2) is 5.81. The van der Waals surface area contributed by atoms with E-state index in [4.69, 9.17) is 9.84 Å². The van der Waals surface area contributed by atoms with Gasteiger partial charge >= 0.3 is 5.97 Å². The lowest BCUT2D eigenvalue weighted by molar-refractivity contribution is -0.149. The van der Waals surface area contributed by atoms with Crippen LogP contribution in [0.2, 0.25) is 0 Å². The molecule has 1 aliphatic rings. The van der Waals surface area contributed by atoms with Crippen LogP contribution < -0.4 is 4.72 Å². The average Bonchev–Trinajstić information content (AvgIpc) is 2.86. The first-order valence-electron chi connectivity index (χ1n) is 5.88. The Balaban J connectivity index is 1.98. The lowest BCUT2D eigenvalue weighted by Crippen LogP contribution is -2.34. The van der Waals surface area contributed by atoms with Crippen molar-refractivity contribution in [3.8, 4) is 0 Å². The number of hydrogen-bond donors (Lipinski definition) is 2. The van der Waals surface area contributed by atoms with Crippen LogP contribution in [-0.2, 0) is 19.6 Å². The average molecular weight is 304 g/mol. The molecule has 110 valence electrons. The van der Waals surface area contributed by atoms with E-state index in [2.05, 4.69) is 9.71 Å². The molecule has 0 bridgehead atoms. The lowest BCUT2D eigenvalue weighted by atomic mass is 10.2. The van der Waals surface area contributed by atoms with Gasteiger partial charge in [-0.05, 0) is 25.0 Å². The van der Waals surface area contributed by atoms with Gasteiger partial charge in [-0.3, -0.25) is 0 Å². The highest BCUT2D eigenvalue weighted by atomic mass is 32.2. The van der Waals surface area contributed by atoms with Gasteiger partial charge in [0.1, 0.15) is 0 Å². The number of ether oxygens (including phenoxy) is 1. The second-order valence-electron chi connectivity index (χ2n) is 4.30. The van der Waals surface area contributed by atoms with Gasteiger partial charge in [0.2, 0.25) is 5.03 Å². The fraction of sp³-hybridized carbons (Fsp3) is 0.455. The van der Waals surface area contributed by atoms with Gasteiger partial charge in [0, 0.05) is 12.7 Å². The van der Waals surface area contributed by atoms with Crippen molar-refractivity contribution in [3.05, 3.63) is 24.1 Å². The molecule has 0 aromatic carbocycles. The Bertz CT molecular complexity index is 607. The molecular formula is C11H13FN2O5S. The van der Waals surface area contributed by atoms with Crippen LogP contribution in [0.15, 0.2) is 23.4 Å². The number of carboxylic acids is 1. The second-order valence-corrected chi connectivity index (χ2v) is 5.99. The molecule has 0 saturated carbocycles. The van der Waals surface area contributed by atoms with Crippen LogP contribution in [0.5, 0.6) is 0 Å². The molecule has 7 nitrogen and oxygen atoms in total. The Kier molecular flexibility index (Phi) is 4.31. The molecule has 0 aliphatic carbocycles. The van der Waals surface area contributed by atoms with Crippen LogP contribution in [0, 0.1) is 5.82 Å². The quantitative estimate of drug-likeness (QED) is 0.801. The molecule has 1 fully saturated rings. The minimum absolute atomic E-state index is 0.123. The van der Waals surface area contributed by atoms with Crippen molar-refractivity contribution in [1.29, 1.82) is 0 Å². The summed E-state index contributed by atoms with van der Waals surface area (Å²) < 4.78 is 44.4. The van der Waals surface area contributed by atoms with Crippen molar-refractivity contribution in [2.75, 3.05) is 6.54 Å². The summed E-state index contributed by atoms with van der Waals surface area (Å²) in [6.45, 7) is -0.123. The number of nitrogens with one attached hydrogen (secondary N) is 1. The van der Waals surface area contributed by atoms with Gasteiger partial charge in [-0.2, -0.15) is 0 Å². The van der Waals surface area contributed by atoms with E-state index in [0.717, 1.165) is 6.07 Å². The van der Waals surface area contributed by atoms with Crippen molar-refractivity contribution in [1.82, 2.24) is 9.71 Å². The van der Waals surface area contributed by atoms with Gasteiger partial charge < -0.3 is 9.84 Å². The zero-order valence-corrected chi connectivity index (χ0v) is 11.1. The summed E-state index contributed by atoms with van der Waals surface area (Å²) in [7, 11) is -4.08. The number of halogens is 1. The van der Waals surface area contributed by atoms with E-state index in [1.54, 1.807) is 0 Å². The molecule has 2 atom stereocenters. The molecular weight excluding hydrogens is 291 g/mol. The molecule has 0 amide bonds. The molecule has 2 heterocycles. The monoisotopic (exact) mass is 304 g/mol. The van der Waals surface area contributed by atoms with Gasteiger partial charge in [0.05, 0.1) is 6.10 Å². The van der Waals surface area contributed by atoms with Gasteiger partial charge in [-0.25, -0.2) is 27.3 Å².